The van der Waals surface area contributed by atoms with E-state index in [0.29, 0.717) is 11.4 Å². The standard InChI is InChI=1S/C14H19ClN4OS/c1-9-4-11(6-17-5-9)18-7-12(13(15)16)19-14(20)10(2)8-21-3/h4-7,10,12,16H,8H2,1-3H3,(H,19,20). The molecule has 1 heterocycles. The fraction of sp³-hybridized carbons (Fsp3) is 0.429. The second-order valence-corrected chi connectivity index (χ2v) is 6.01. The molecule has 0 aromatic carbocycles. The highest BCUT2D eigenvalue weighted by Gasteiger charge is 2.18. The summed E-state index contributed by atoms with van der Waals surface area (Å²) in [6.07, 6.45) is 6.73. The number of hydrogen-bond acceptors (Lipinski definition) is 5. The second kappa shape index (κ2) is 8.79. The zero-order valence-electron chi connectivity index (χ0n) is 12.3. The number of thioether (sulfide) groups is 1. The molecule has 0 aliphatic rings. The first-order valence-corrected chi connectivity index (χ1v) is 8.20. The minimum Gasteiger partial charge on any atom is -0.342 e. The van der Waals surface area contributed by atoms with Crippen molar-refractivity contribution in [3.63, 3.8) is 0 Å². The lowest BCUT2D eigenvalue weighted by molar-refractivity contribution is -0.123. The summed E-state index contributed by atoms with van der Waals surface area (Å²) in [5.74, 6) is 0.425. The maximum Gasteiger partial charge on any atom is 0.224 e. The Morgan fingerprint density at radius 3 is 2.90 bits per heavy atom. The fourth-order valence-electron chi connectivity index (χ4n) is 1.56. The van der Waals surface area contributed by atoms with Crippen molar-refractivity contribution >= 4 is 46.3 Å². The molecule has 1 amide bonds. The van der Waals surface area contributed by atoms with Gasteiger partial charge in [-0.05, 0) is 24.8 Å². The van der Waals surface area contributed by atoms with Gasteiger partial charge in [0.1, 0.15) is 11.2 Å². The lowest BCUT2D eigenvalue weighted by Gasteiger charge is -2.15. The van der Waals surface area contributed by atoms with Crippen LogP contribution in [0.25, 0.3) is 0 Å². The molecule has 1 rings (SSSR count). The molecular formula is C14H19ClN4OS. The average Bonchev–Trinajstić information content (AvgIpc) is 2.43. The Bertz CT molecular complexity index is 535. The maximum absolute atomic E-state index is 12.0. The summed E-state index contributed by atoms with van der Waals surface area (Å²) < 4.78 is 0. The first-order valence-electron chi connectivity index (χ1n) is 6.43. The van der Waals surface area contributed by atoms with Crippen LogP contribution in [0.5, 0.6) is 0 Å². The van der Waals surface area contributed by atoms with E-state index in [1.54, 1.807) is 24.2 Å². The van der Waals surface area contributed by atoms with Gasteiger partial charge < -0.3 is 5.32 Å². The molecule has 21 heavy (non-hydrogen) atoms. The molecule has 0 radical (unpaired) electrons. The van der Waals surface area contributed by atoms with Crippen molar-refractivity contribution in [1.82, 2.24) is 10.3 Å². The van der Waals surface area contributed by atoms with E-state index in [4.69, 9.17) is 17.0 Å². The topological polar surface area (TPSA) is 78.2 Å². The molecule has 1 aromatic heterocycles. The number of halogens is 1. The molecule has 0 aliphatic heterocycles. The van der Waals surface area contributed by atoms with Crippen molar-refractivity contribution in [2.75, 3.05) is 12.0 Å². The fourth-order valence-corrected chi connectivity index (χ4v) is 2.32. The third-order valence-electron chi connectivity index (χ3n) is 2.67. The SMILES string of the molecule is CSCC(C)C(=O)NC(C=Nc1cncc(C)c1)C(=N)Cl. The lowest BCUT2D eigenvalue weighted by atomic mass is 10.2. The molecule has 2 N–H and O–H groups in total. The molecule has 7 heteroatoms. The number of aryl methyl sites for hydroxylation is 1. The van der Waals surface area contributed by atoms with Crippen molar-refractivity contribution in [1.29, 1.82) is 5.41 Å². The van der Waals surface area contributed by atoms with Gasteiger partial charge in [-0.1, -0.05) is 18.5 Å². The predicted molar refractivity (Wildman–Crippen MR) is 90.2 cm³/mol. The molecule has 0 saturated heterocycles. The Morgan fingerprint density at radius 1 is 1.62 bits per heavy atom. The molecule has 0 spiro atoms. The summed E-state index contributed by atoms with van der Waals surface area (Å²) in [5, 5.41) is 10.1. The van der Waals surface area contributed by atoms with Crippen LogP contribution in [0.15, 0.2) is 23.5 Å². The van der Waals surface area contributed by atoms with E-state index < -0.39 is 6.04 Å². The highest BCUT2D eigenvalue weighted by Crippen LogP contribution is 2.11. The van der Waals surface area contributed by atoms with Crippen molar-refractivity contribution in [3.8, 4) is 0 Å². The number of rotatable bonds is 7. The predicted octanol–water partition coefficient (Wildman–Crippen LogP) is 2.79. The molecule has 114 valence electrons. The van der Waals surface area contributed by atoms with Crippen molar-refractivity contribution < 1.29 is 4.79 Å². The van der Waals surface area contributed by atoms with Crippen LogP contribution in [0.2, 0.25) is 0 Å². The molecule has 5 nitrogen and oxygen atoms in total. The van der Waals surface area contributed by atoms with Gasteiger partial charge in [-0.25, -0.2) is 0 Å². The Labute approximate surface area is 134 Å². The van der Waals surface area contributed by atoms with Crippen LogP contribution in [-0.4, -0.2) is 40.3 Å². The number of carbonyl (C=O) groups is 1. The molecule has 2 atom stereocenters. The number of amides is 1. The van der Waals surface area contributed by atoms with Gasteiger partial charge >= 0.3 is 0 Å². The molecule has 0 saturated carbocycles. The van der Waals surface area contributed by atoms with Crippen LogP contribution in [-0.2, 0) is 4.79 Å². The zero-order chi connectivity index (χ0) is 15.8. The van der Waals surface area contributed by atoms with Gasteiger partial charge in [0.15, 0.2) is 0 Å². The largest absolute Gasteiger partial charge is 0.342 e. The molecule has 1 aromatic rings. The number of nitrogens with zero attached hydrogens (tertiary/aromatic N) is 2. The van der Waals surface area contributed by atoms with Gasteiger partial charge in [0.25, 0.3) is 0 Å². The summed E-state index contributed by atoms with van der Waals surface area (Å²) >= 11 is 7.32. The van der Waals surface area contributed by atoms with Gasteiger partial charge in [0.2, 0.25) is 5.91 Å². The molecule has 0 fully saturated rings. The summed E-state index contributed by atoms with van der Waals surface area (Å²) in [7, 11) is 0. The van der Waals surface area contributed by atoms with Crippen molar-refractivity contribution in [2.45, 2.75) is 19.9 Å². The van der Waals surface area contributed by atoms with Crippen LogP contribution in [0, 0.1) is 18.3 Å². The van der Waals surface area contributed by atoms with Gasteiger partial charge in [0, 0.05) is 24.1 Å². The third-order valence-corrected chi connectivity index (χ3v) is 3.74. The van der Waals surface area contributed by atoms with Gasteiger partial charge in [-0.15, -0.1) is 0 Å². The number of hydrogen-bond donors (Lipinski definition) is 2. The number of carbonyl (C=O) groups excluding carboxylic acids is 1. The first kappa shape index (κ1) is 17.7. The van der Waals surface area contributed by atoms with E-state index >= 15 is 0 Å². The lowest BCUT2D eigenvalue weighted by Crippen LogP contribution is -2.42. The molecule has 2 unspecified atom stereocenters. The molecular weight excluding hydrogens is 308 g/mol. The minimum absolute atomic E-state index is 0.145. The summed E-state index contributed by atoms with van der Waals surface area (Å²) in [5.41, 5.74) is 1.64. The van der Waals surface area contributed by atoms with Crippen LogP contribution < -0.4 is 5.32 Å². The molecule has 0 aliphatic carbocycles. The van der Waals surface area contributed by atoms with Crippen molar-refractivity contribution in [2.24, 2.45) is 10.9 Å². The Morgan fingerprint density at radius 2 is 2.33 bits per heavy atom. The van der Waals surface area contributed by atoms with Gasteiger partial charge in [-0.3, -0.25) is 20.2 Å². The third kappa shape index (κ3) is 6.27. The van der Waals surface area contributed by atoms with Crippen LogP contribution in [0.1, 0.15) is 12.5 Å². The summed E-state index contributed by atoms with van der Waals surface area (Å²) in [6.45, 7) is 3.75. The number of nitrogens with one attached hydrogen (secondary N) is 2. The van der Waals surface area contributed by atoms with E-state index in [2.05, 4.69) is 15.3 Å². The van der Waals surface area contributed by atoms with E-state index in [1.807, 2.05) is 26.2 Å². The first-order chi connectivity index (χ1) is 9.93. The Hall–Kier alpha value is -1.40. The highest BCUT2D eigenvalue weighted by atomic mass is 35.5. The maximum atomic E-state index is 12.0. The zero-order valence-corrected chi connectivity index (χ0v) is 13.8. The van der Waals surface area contributed by atoms with Crippen LogP contribution in [0.4, 0.5) is 5.69 Å². The average molecular weight is 327 g/mol. The van der Waals surface area contributed by atoms with E-state index in [-0.39, 0.29) is 17.0 Å². The van der Waals surface area contributed by atoms with E-state index in [0.717, 1.165) is 5.56 Å². The summed E-state index contributed by atoms with van der Waals surface area (Å²) in [6, 6.07) is 1.14. The molecule has 0 bridgehead atoms. The summed E-state index contributed by atoms with van der Waals surface area (Å²) in [4.78, 5) is 20.2. The Kier molecular flexibility index (Phi) is 7.39. The van der Waals surface area contributed by atoms with Crippen LogP contribution in [0.3, 0.4) is 0 Å². The second-order valence-electron chi connectivity index (χ2n) is 4.69. The van der Waals surface area contributed by atoms with Gasteiger partial charge in [0.05, 0.1) is 11.9 Å². The highest BCUT2D eigenvalue weighted by molar-refractivity contribution is 7.98. The van der Waals surface area contributed by atoms with E-state index in [1.165, 1.54) is 6.21 Å². The minimum atomic E-state index is -0.719. The number of aromatic nitrogens is 1. The monoisotopic (exact) mass is 326 g/mol. The quantitative estimate of drug-likeness (QED) is 0.756. The van der Waals surface area contributed by atoms with Crippen LogP contribution >= 0.6 is 23.4 Å². The van der Waals surface area contributed by atoms with Gasteiger partial charge in [-0.2, -0.15) is 11.8 Å². The normalized spacial score (nSPS) is 13.9. The number of aliphatic imine (C=N–C) groups is 1. The Balaban J connectivity index is 2.74. The van der Waals surface area contributed by atoms with Crippen molar-refractivity contribution in [3.05, 3.63) is 24.0 Å². The number of pyridine rings is 1. The smallest absolute Gasteiger partial charge is 0.224 e. The van der Waals surface area contributed by atoms with E-state index in [9.17, 15) is 4.79 Å².